The van der Waals surface area contributed by atoms with Crippen LogP contribution < -0.4 is 10.6 Å². The number of carbonyl (C=O) groups is 2. The Hall–Kier alpha value is -1.10. The fourth-order valence-electron chi connectivity index (χ4n) is 1.16. The minimum absolute atomic E-state index is 0.467. The molecule has 0 heterocycles. The maximum Gasteiger partial charge on any atom is 0.309 e. The highest BCUT2D eigenvalue weighted by Crippen LogP contribution is 1.90. The van der Waals surface area contributed by atoms with Crippen molar-refractivity contribution in [3.05, 3.63) is 0 Å². The molecule has 0 aliphatic heterocycles. The minimum Gasteiger partial charge on any atom is -0.385 e. The van der Waals surface area contributed by atoms with E-state index in [0.717, 1.165) is 19.3 Å². The van der Waals surface area contributed by atoms with Crippen molar-refractivity contribution < 1.29 is 14.3 Å². The van der Waals surface area contributed by atoms with E-state index in [0.29, 0.717) is 26.1 Å². The van der Waals surface area contributed by atoms with Crippen LogP contribution in [0.5, 0.6) is 0 Å². The highest BCUT2D eigenvalue weighted by Gasteiger charge is 2.10. The summed E-state index contributed by atoms with van der Waals surface area (Å²) in [5.74, 6) is -1.11. The van der Waals surface area contributed by atoms with Crippen LogP contribution in [0, 0.1) is 0 Å². The Morgan fingerprint density at radius 3 is 2.06 bits per heavy atom. The Labute approximate surface area is 96.9 Å². The van der Waals surface area contributed by atoms with Gasteiger partial charge in [-0.1, -0.05) is 19.8 Å². The third-order valence-corrected chi connectivity index (χ3v) is 2.08. The van der Waals surface area contributed by atoms with E-state index in [9.17, 15) is 9.59 Å². The summed E-state index contributed by atoms with van der Waals surface area (Å²) in [5.41, 5.74) is 0. The van der Waals surface area contributed by atoms with Gasteiger partial charge in [-0.05, 0) is 12.8 Å². The SMILES string of the molecule is CCCCCNC(=O)C(=O)NCCCOC. The van der Waals surface area contributed by atoms with Gasteiger partial charge in [0.05, 0.1) is 0 Å². The van der Waals surface area contributed by atoms with E-state index < -0.39 is 11.8 Å². The number of amides is 2. The van der Waals surface area contributed by atoms with Crippen molar-refractivity contribution in [2.24, 2.45) is 0 Å². The van der Waals surface area contributed by atoms with Gasteiger partial charge in [0.25, 0.3) is 0 Å². The van der Waals surface area contributed by atoms with Crippen molar-refractivity contribution in [3.8, 4) is 0 Å². The molecule has 0 rings (SSSR count). The fourth-order valence-corrected chi connectivity index (χ4v) is 1.16. The Bertz CT molecular complexity index is 185. The Balaban J connectivity index is 3.46. The molecule has 0 saturated carbocycles. The van der Waals surface area contributed by atoms with Crippen LogP contribution >= 0.6 is 0 Å². The zero-order valence-corrected chi connectivity index (χ0v) is 10.2. The molecule has 2 amide bonds. The number of ether oxygens (including phenoxy) is 1. The van der Waals surface area contributed by atoms with E-state index in [1.54, 1.807) is 7.11 Å². The first kappa shape index (κ1) is 14.9. The van der Waals surface area contributed by atoms with Gasteiger partial charge in [0.1, 0.15) is 0 Å². The third kappa shape index (κ3) is 8.23. The van der Waals surface area contributed by atoms with Crippen LogP contribution in [0.2, 0.25) is 0 Å². The Morgan fingerprint density at radius 2 is 1.56 bits per heavy atom. The first-order chi connectivity index (χ1) is 7.72. The molecule has 0 unspecified atom stereocenters. The molecule has 16 heavy (non-hydrogen) atoms. The molecule has 0 aliphatic rings. The van der Waals surface area contributed by atoms with E-state index in [-0.39, 0.29) is 0 Å². The lowest BCUT2D eigenvalue weighted by Crippen LogP contribution is -2.40. The Kier molecular flexibility index (Phi) is 9.70. The van der Waals surface area contributed by atoms with Crippen LogP contribution in [0.25, 0.3) is 0 Å². The molecule has 5 heteroatoms. The summed E-state index contributed by atoms with van der Waals surface area (Å²) in [4.78, 5) is 22.4. The molecule has 0 aliphatic carbocycles. The Morgan fingerprint density at radius 1 is 1.00 bits per heavy atom. The maximum absolute atomic E-state index is 11.2. The first-order valence-electron chi connectivity index (χ1n) is 5.77. The van der Waals surface area contributed by atoms with Gasteiger partial charge in [0, 0.05) is 26.8 Å². The summed E-state index contributed by atoms with van der Waals surface area (Å²) in [6.07, 6.45) is 3.79. The van der Waals surface area contributed by atoms with Crippen molar-refractivity contribution in [1.29, 1.82) is 0 Å². The van der Waals surface area contributed by atoms with Gasteiger partial charge >= 0.3 is 11.8 Å². The van der Waals surface area contributed by atoms with Gasteiger partial charge in [0.2, 0.25) is 0 Å². The van der Waals surface area contributed by atoms with E-state index >= 15 is 0 Å². The second kappa shape index (κ2) is 10.4. The number of hydrogen-bond acceptors (Lipinski definition) is 3. The van der Waals surface area contributed by atoms with Crippen molar-refractivity contribution in [3.63, 3.8) is 0 Å². The highest BCUT2D eigenvalue weighted by molar-refractivity contribution is 6.35. The van der Waals surface area contributed by atoms with Crippen LogP contribution in [-0.2, 0) is 14.3 Å². The lowest BCUT2D eigenvalue weighted by Gasteiger charge is -2.05. The molecule has 0 spiro atoms. The van der Waals surface area contributed by atoms with Gasteiger partial charge in [-0.3, -0.25) is 9.59 Å². The van der Waals surface area contributed by atoms with Gasteiger partial charge in [0.15, 0.2) is 0 Å². The van der Waals surface area contributed by atoms with E-state index in [1.807, 2.05) is 0 Å². The molecule has 2 N–H and O–H groups in total. The minimum atomic E-state index is -0.562. The molecule has 5 nitrogen and oxygen atoms in total. The lowest BCUT2D eigenvalue weighted by atomic mass is 10.2. The molecule has 0 fully saturated rings. The summed E-state index contributed by atoms with van der Waals surface area (Å²) in [6, 6.07) is 0. The third-order valence-electron chi connectivity index (χ3n) is 2.08. The van der Waals surface area contributed by atoms with Crippen LogP contribution in [0.15, 0.2) is 0 Å². The topological polar surface area (TPSA) is 67.4 Å². The van der Waals surface area contributed by atoms with Gasteiger partial charge in [-0.2, -0.15) is 0 Å². The molecule has 0 radical (unpaired) electrons. The van der Waals surface area contributed by atoms with Crippen molar-refractivity contribution in [1.82, 2.24) is 10.6 Å². The summed E-state index contributed by atoms with van der Waals surface area (Å²) < 4.78 is 4.82. The van der Waals surface area contributed by atoms with Crippen LogP contribution in [0.1, 0.15) is 32.6 Å². The normalized spacial score (nSPS) is 9.88. The van der Waals surface area contributed by atoms with Crippen molar-refractivity contribution >= 4 is 11.8 Å². The molecule has 0 aromatic heterocycles. The monoisotopic (exact) mass is 230 g/mol. The number of carbonyl (C=O) groups excluding carboxylic acids is 2. The number of unbranched alkanes of at least 4 members (excludes halogenated alkanes) is 2. The zero-order chi connectivity index (χ0) is 12.2. The summed E-state index contributed by atoms with van der Waals surface area (Å²) in [6.45, 7) is 3.70. The second-order valence-corrected chi connectivity index (χ2v) is 3.57. The number of rotatable bonds is 8. The molecule has 0 bridgehead atoms. The summed E-state index contributed by atoms with van der Waals surface area (Å²) in [5, 5.41) is 5.10. The maximum atomic E-state index is 11.2. The number of hydrogen-bond donors (Lipinski definition) is 2. The average Bonchev–Trinajstić information content (AvgIpc) is 2.29. The van der Waals surface area contributed by atoms with Crippen LogP contribution in [0.4, 0.5) is 0 Å². The van der Waals surface area contributed by atoms with Gasteiger partial charge in [-0.25, -0.2) is 0 Å². The van der Waals surface area contributed by atoms with E-state index in [4.69, 9.17) is 4.74 Å². The average molecular weight is 230 g/mol. The predicted octanol–water partition coefficient (Wildman–Crippen LogP) is 0.445. The number of methoxy groups -OCH3 is 1. The molecule has 94 valence electrons. The molecule has 0 atom stereocenters. The summed E-state index contributed by atoms with van der Waals surface area (Å²) >= 11 is 0. The van der Waals surface area contributed by atoms with Crippen LogP contribution in [-0.4, -0.2) is 38.6 Å². The zero-order valence-electron chi connectivity index (χ0n) is 10.2. The molecule has 0 aromatic rings. The molecular weight excluding hydrogens is 208 g/mol. The van der Waals surface area contributed by atoms with Crippen molar-refractivity contribution in [2.75, 3.05) is 26.8 Å². The van der Waals surface area contributed by atoms with E-state index in [2.05, 4.69) is 17.6 Å². The van der Waals surface area contributed by atoms with Crippen molar-refractivity contribution in [2.45, 2.75) is 32.6 Å². The fraction of sp³-hybridized carbons (Fsp3) is 0.818. The van der Waals surface area contributed by atoms with Gasteiger partial charge in [-0.15, -0.1) is 0 Å². The smallest absolute Gasteiger partial charge is 0.309 e. The number of nitrogens with one attached hydrogen (secondary N) is 2. The summed E-state index contributed by atoms with van der Waals surface area (Å²) in [7, 11) is 1.60. The predicted molar refractivity (Wildman–Crippen MR) is 62.0 cm³/mol. The largest absolute Gasteiger partial charge is 0.385 e. The van der Waals surface area contributed by atoms with Gasteiger partial charge < -0.3 is 15.4 Å². The molecule has 0 saturated heterocycles. The standard InChI is InChI=1S/C11H22N2O3/c1-3-4-5-7-12-10(14)11(15)13-8-6-9-16-2/h3-9H2,1-2H3,(H,12,14)(H,13,15). The second-order valence-electron chi connectivity index (χ2n) is 3.57. The van der Waals surface area contributed by atoms with Crippen LogP contribution in [0.3, 0.4) is 0 Å². The molecule has 0 aromatic carbocycles. The van der Waals surface area contributed by atoms with E-state index in [1.165, 1.54) is 0 Å². The molecular formula is C11H22N2O3. The lowest BCUT2D eigenvalue weighted by molar-refractivity contribution is -0.139. The highest BCUT2D eigenvalue weighted by atomic mass is 16.5. The quantitative estimate of drug-likeness (QED) is 0.470. The first-order valence-corrected chi connectivity index (χ1v) is 5.77.